The highest BCUT2D eigenvalue weighted by molar-refractivity contribution is 9.10. The third kappa shape index (κ3) is 4.90. The number of carbonyl (C=O) groups excluding carboxylic acids is 2. The van der Waals surface area contributed by atoms with E-state index in [-0.39, 0.29) is 5.97 Å². The molecule has 130 valence electrons. The summed E-state index contributed by atoms with van der Waals surface area (Å²) in [5, 5.41) is 2.78. The van der Waals surface area contributed by atoms with Crippen LogP contribution >= 0.6 is 15.9 Å². The number of unbranched alkanes of at least 4 members (excludes halogenated alkanes) is 3. The van der Waals surface area contributed by atoms with Crippen LogP contribution in [0.3, 0.4) is 0 Å². The van der Waals surface area contributed by atoms with Gasteiger partial charge in [0, 0.05) is 10.2 Å². The molecule has 0 radical (unpaired) electrons. The fourth-order valence-electron chi connectivity index (χ4n) is 2.79. The van der Waals surface area contributed by atoms with E-state index < -0.39 is 18.0 Å². The summed E-state index contributed by atoms with van der Waals surface area (Å²) in [6.07, 6.45) is 4.18. The van der Waals surface area contributed by atoms with Crippen LogP contribution in [-0.4, -0.2) is 24.3 Å². The van der Waals surface area contributed by atoms with Crippen LogP contribution < -0.4 is 5.32 Å². The van der Waals surface area contributed by atoms with Crippen LogP contribution in [0, 0.1) is 5.92 Å². The second kappa shape index (κ2) is 8.97. The number of hydrogen-bond donors (Lipinski definition) is 1. The number of ether oxygens (including phenoxy) is 1. The van der Waals surface area contributed by atoms with E-state index in [4.69, 9.17) is 4.74 Å². The number of rotatable bonds is 7. The molecule has 1 aliphatic heterocycles. The number of hydrogen-bond acceptors (Lipinski definition) is 3. The van der Waals surface area contributed by atoms with E-state index in [2.05, 4.69) is 33.2 Å². The maximum absolute atomic E-state index is 12.6. The van der Waals surface area contributed by atoms with E-state index in [0.717, 1.165) is 35.7 Å². The van der Waals surface area contributed by atoms with E-state index in [9.17, 15) is 9.59 Å². The first-order chi connectivity index (χ1) is 11.5. The molecule has 0 aromatic heterocycles. The number of carbonyl (C=O) groups is 2. The monoisotopic (exact) mass is 394 g/mol. The fraction of sp³-hybridized carbons (Fsp3) is 0.500. The largest absolute Gasteiger partial charge is 0.465 e. The average molecular weight is 395 g/mol. The molecule has 5 nitrogen and oxygen atoms in total. The molecule has 2 amide bonds. The summed E-state index contributed by atoms with van der Waals surface area (Å²) in [4.78, 5) is 28.2. The molecule has 0 fully saturated rings. The van der Waals surface area contributed by atoms with Crippen LogP contribution in [0.15, 0.2) is 33.7 Å². The average Bonchev–Trinajstić information content (AvgIpc) is 2.53. The molecule has 24 heavy (non-hydrogen) atoms. The molecule has 2 rings (SSSR count). The van der Waals surface area contributed by atoms with Crippen LogP contribution in [0.4, 0.5) is 4.79 Å². The van der Waals surface area contributed by atoms with Gasteiger partial charge in [-0.1, -0.05) is 54.2 Å². The number of halogens is 1. The zero-order valence-corrected chi connectivity index (χ0v) is 15.6. The van der Waals surface area contributed by atoms with Crippen LogP contribution in [0.25, 0.3) is 0 Å². The minimum Gasteiger partial charge on any atom is -0.465 e. The molecule has 6 heteroatoms. The number of esters is 1. The van der Waals surface area contributed by atoms with Gasteiger partial charge in [-0.2, -0.15) is 0 Å². The van der Waals surface area contributed by atoms with Crippen LogP contribution in [-0.2, 0) is 9.53 Å². The normalized spacial score (nSPS) is 20.3. The first kappa shape index (κ1) is 18.6. The van der Waals surface area contributed by atoms with Crippen molar-refractivity contribution in [2.45, 2.75) is 45.6 Å². The van der Waals surface area contributed by atoms with Crippen molar-refractivity contribution < 1.29 is 14.3 Å². The molecule has 1 aromatic rings. The first-order valence-electron chi connectivity index (χ1n) is 8.30. The Morgan fingerprint density at radius 2 is 2.12 bits per heavy atom. The maximum Gasteiger partial charge on any atom is 0.341 e. The molecule has 0 saturated carbocycles. The first-order valence-corrected chi connectivity index (χ1v) is 9.10. The summed E-state index contributed by atoms with van der Waals surface area (Å²) in [5.74, 6) is -0.930. The molecule has 1 aromatic carbocycles. The Morgan fingerprint density at radius 3 is 2.83 bits per heavy atom. The zero-order valence-electron chi connectivity index (χ0n) is 14.0. The Hall–Kier alpha value is -1.69. The van der Waals surface area contributed by atoms with Crippen LogP contribution in [0.5, 0.6) is 0 Å². The minimum atomic E-state index is -0.594. The Labute approximate surface area is 151 Å². The molecule has 0 saturated heterocycles. The number of nitrogens with zero attached hydrogens (tertiary/aromatic N) is 1. The molecule has 1 aliphatic rings. The third-order valence-electron chi connectivity index (χ3n) is 4.04. The highest BCUT2D eigenvalue weighted by Gasteiger charge is 2.37. The number of urea groups is 1. The van der Waals surface area contributed by atoms with Crippen molar-refractivity contribution in [1.29, 1.82) is 0 Å². The summed E-state index contributed by atoms with van der Waals surface area (Å²) >= 11 is 3.42. The quantitative estimate of drug-likeness (QED) is 0.549. The molecule has 1 N–H and O–H groups in total. The summed E-state index contributed by atoms with van der Waals surface area (Å²) in [6.45, 7) is 4.24. The van der Waals surface area contributed by atoms with Gasteiger partial charge in [0.15, 0.2) is 0 Å². The number of aliphatic imine (C=N–C) groups is 1. The van der Waals surface area contributed by atoms with Crippen LogP contribution in [0.1, 0.15) is 51.1 Å². The molecule has 2 unspecified atom stereocenters. The molecule has 0 spiro atoms. The predicted octanol–water partition coefficient (Wildman–Crippen LogP) is 4.41. The van der Waals surface area contributed by atoms with Crippen molar-refractivity contribution in [3.8, 4) is 0 Å². The lowest BCUT2D eigenvalue weighted by Crippen LogP contribution is -2.44. The van der Waals surface area contributed by atoms with Crippen molar-refractivity contribution in [3.05, 3.63) is 34.3 Å². The highest BCUT2D eigenvalue weighted by atomic mass is 79.9. The highest BCUT2D eigenvalue weighted by Crippen LogP contribution is 2.29. The van der Waals surface area contributed by atoms with Gasteiger partial charge >= 0.3 is 12.0 Å². The van der Waals surface area contributed by atoms with E-state index in [0.29, 0.717) is 12.3 Å². The van der Waals surface area contributed by atoms with Crippen molar-refractivity contribution in [2.24, 2.45) is 10.9 Å². The van der Waals surface area contributed by atoms with E-state index in [1.54, 1.807) is 6.92 Å². The fourth-order valence-corrected chi connectivity index (χ4v) is 3.21. The van der Waals surface area contributed by atoms with Gasteiger partial charge in [-0.05, 0) is 31.0 Å². The molecular weight excluding hydrogens is 372 g/mol. The standard InChI is InChI=1S/C18H23BrN2O3/c1-3-4-5-6-10-24-17(22)15-12(2)20-18(23)21-16(15)13-8-7-9-14(19)11-13/h7-9,11,15-16H,3-6,10H2,1-2H3,(H,21,23). The van der Waals surface area contributed by atoms with Crippen molar-refractivity contribution >= 4 is 33.6 Å². The lowest BCUT2D eigenvalue weighted by Gasteiger charge is -2.29. The second-order valence-corrected chi connectivity index (χ2v) is 6.86. The van der Waals surface area contributed by atoms with Gasteiger partial charge in [-0.25, -0.2) is 9.79 Å². The molecular formula is C18H23BrN2O3. The van der Waals surface area contributed by atoms with Gasteiger partial charge in [0.2, 0.25) is 0 Å². The van der Waals surface area contributed by atoms with Crippen molar-refractivity contribution in [1.82, 2.24) is 5.32 Å². The number of nitrogens with one attached hydrogen (secondary N) is 1. The molecule has 2 atom stereocenters. The zero-order chi connectivity index (χ0) is 17.5. The SMILES string of the molecule is CCCCCCOC(=O)C1C(C)=NC(=O)NC1c1cccc(Br)c1. The summed E-state index contributed by atoms with van der Waals surface area (Å²) in [7, 11) is 0. The van der Waals surface area contributed by atoms with Gasteiger partial charge in [-0.15, -0.1) is 0 Å². The van der Waals surface area contributed by atoms with E-state index >= 15 is 0 Å². The Morgan fingerprint density at radius 1 is 1.33 bits per heavy atom. The third-order valence-corrected chi connectivity index (χ3v) is 4.54. The number of amides is 2. The Kier molecular flexibility index (Phi) is 6.97. The second-order valence-electron chi connectivity index (χ2n) is 5.94. The van der Waals surface area contributed by atoms with Crippen LogP contribution in [0.2, 0.25) is 0 Å². The van der Waals surface area contributed by atoms with E-state index in [1.165, 1.54) is 0 Å². The predicted molar refractivity (Wildman–Crippen MR) is 97.1 cm³/mol. The van der Waals surface area contributed by atoms with Crippen molar-refractivity contribution in [2.75, 3.05) is 6.61 Å². The topological polar surface area (TPSA) is 67.8 Å². The van der Waals surface area contributed by atoms with Gasteiger partial charge in [0.25, 0.3) is 0 Å². The Bertz CT molecular complexity index is 630. The van der Waals surface area contributed by atoms with Gasteiger partial charge in [0.05, 0.1) is 12.6 Å². The molecule has 0 aliphatic carbocycles. The number of benzene rings is 1. The van der Waals surface area contributed by atoms with Gasteiger partial charge < -0.3 is 10.1 Å². The summed E-state index contributed by atoms with van der Waals surface area (Å²) < 4.78 is 6.32. The Balaban J connectivity index is 2.11. The molecule has 1 heterocycles. The van der Waals surface area contributed by atoms with Crippen molar-refractivity contribution in [3.63, 3.8) is 0 Å². The minimum absolute atomic E-state index is 0.335. The van der Waals surface area contributed by atoms with Gasteiger partial charge in [-0.3, -0.25) is 4.79 Å². The molecule has 0 bridgehead atoms. The lowest BCUT2D eigenvalue weighted by atomic mass is 9.88. The van der Waals surface area contributed by atoms with Gasteiger partial charge in [0.1, 0.15) is 5.92 Å². The summed E-state index contributed by atoms with van der Waals surface area (Å²) in [6, 6.07) is 6.66. The summed E-state index contributed by atoms with van der Waals surface area (Å²) in [5.41, 5.74) is 1.34. The van der Waals surface area contributed by atoms with E-state index in [1.807, 2.05) is 24.3 Å². The lowest BCUT2D eigenvalue weighted by molar-refractivity contribution is -0.147. The maximum atomic E-state index is 12.6. The smallest absolute Gasteiger partial charge is 0.341 e.